The van der Waals surface area contributed by atoms with Crippen LogP contribution in [0.25, 0.3) is 5.69 Å². The Morgan fingerprint density at radius 3 is 2.46 bits per heavy atom. The first-order valence-electron chi connectivity index (χ1n) is 7.39. The molecule has 0 radical (unpaired) electrons. The largest absolute Gasteiger partial charge is 0.243 e. The molecule has 0 aliphatic carbocycles. The van der Waals surface area contributed by atoms with Crippen molar-refractivity contribution in [3.8, 4) is 5.69 Å². The zero-order chi connectivity index (χ0) is 17.0. The molecule has 124 valence electrons. The van der Waals surface area contributed by atoms with Gasteiger partial charge in [-0.05, 0) is 42.3 Å². The van der Waals surface area contributed by atoms with Crippen LogP contribution in [-0.2, 0) is 16.4 Å². The second kappa shape index (κ2) is 6.94. The molecule has 3 rings (SSSR count). The normalized spacial score (nSPS) is 11.5. The van der Waals surface area contributed by atoms with Crippen LogP contribution in [0, 0.1) is 5.82 Å². The predicted molar refractivity (Wildman–Crippen MR) is 88.9 cm³/mol. The van der Waals surface area contributed by atoms with Crippen molar-refractivity contribution in [2.75, 3.05) is 6.54 Å². The first-order valence-corrected chi connectivity index (χ1v) is 8.88. The van der Waals surface area contributed by atoms with Crippen LogP contribution in [0.2, 0.25) is 0 Å². The van der Waals surface area contributed by atoms with Crippen molar-refractivity contribution >= 4 is 10.0 Å². The number of nitrogens with one attached hydrogen (secondary N) is 1. The third-order valence-corrected chi connectivity index (χ3v) is 5.03. The standard InChI is InChI=1S/C17H16FN3O2S/c18-16-4-1-2-5-17(16)24(22,23)20-12-10-14-6-8-15(9-7-14)21-13-3-11-19-21/h1-9,11,13,20H,10,12H2. The molecule has 1 N–H and O–H groups in total. The zero-order valence-electron chi connectivity index (χ0n) is 12.8. The van der Waals surface area contributed by atoms with E-state index in [9.17, 15) is 12.8 Å². The Labute approximate surface area is 139 Å². The average molecular weight is 345 g/mol. The molecule has 0 saturated carbocycles. The molecule has 0 spiro atoms. The smallest absolute Gasteiger partial charge is 0.241 e. The number of halogens is 1. The molecule has 0 saturated heterocycles. The van der Waals surface area contributed by atoms with Crippen LogP contribution in [0.4, 0.5) is 4.39 Å². The summed E-state index contributed by atoms with van der Waals surface area (Å²) in [5.74, 6) is -0.756. The van der Waals surface area contributed by atoms with Gasteiger partial charge in [-0.1, -0.05) is 24.3 Å². The molecular weight excluding hydrogens is 329 g/mol. The average Bonchev–Trinajstić information content (AvgIpc) is 3.10. The number of sulfonamides is 1. The number of hydrogen-bond acceptors (Lipinski definition) is 3. The van der Waals surface area contributed by atoms with Gasteiger partial charge in [-0.2, -0.15) is 5.10 Å². The zero-order valence-corrected chi connectivity index (χ0v) is 13.6. The molecule has 0 bridgehead atoms. The summed E-state index contributed by atoms with van der Waals surface area (Å²) in [5.41, 5.74) is 1.90. The SMILES string of the molecule is O=S(=O)(NCCc1ccc(-n2cccn2)cc1)c1ccccc1F. The molecule has 24 heavy (non-hydrogen) atoms. The fourth-order valence-electron chi connectivity index (χ4n) is 2.31. The van der Waals surface area contributed by atoms with Gasteiger partial charge in [0, 0.05) is 18.9 Å². The highest BCUT2D eigenvalue weighted by atomic mass is 32.2. The highest BCUT2D eigenvalue weighted by Crippen LogP contribution is 2.13. The van der Waals surface area contributed by atoms with Gasteiger partial charge in [0.05, 0.1) is 5.69 Å². The van der Waals surface area contributed by atoms with E-state index in [4.69, 9.17) is 0 Å². The lowest BCUT2D eigenvalue weighted by molar-refractivity contribution is 0.557. The van der Waals surface area contributed by atoms with E-state index in [0.717, 1.165) is 17.3 Å². The third kappa shape index (κ3) is 3.69. The van der Waals surface area contributed by atoms with Crippen LogP contribution in [-0.4, -0.2) is 24.7 Å². The Bertz CT molecular complexity index is 907. The van der Waals surface area contributed by atoms with Gasteiger partial charge in [-0.15, -0.1) is 0 Å². The second-order valence-corrected chi connectivity index (χ2v) is 6.93. The number of benzene rings is 2. The van der Waals surface area contributed by atoms with Crippen molar-refractivity contribution < 1.29 is 12.8 Å². The Balaban J connectivity index is 1.61. The molecular formula is C17H16FN3O2S. The van der Waals surface area contributed by atoms with Crippen molar-refractivity contribution in [2.24, 2.45) is 0 Å². The molecule has 3 aromatic rings. The topological polar surface area (TPSA) is 64.0 Å². The van der Waals surface area contributed by atoms with Crippen molar-refractivity contribution in [3.63, 3.8) is 0 Å². The van der Waals surface area contributed by atoms with Crippen molar-refractivity contribution in [2.45, 2.75) is 11.3 Å². The van der Waals surface area contributed by atoms with E-state index in [1.54, 1.807) is 10.9 Å². The fourth-order valence-corrected chi connectivity index (χ4v) is 3.42. The summed E-state index contributed by atoms with van der Waals surface area (Å²) >= 11 is 0. The summed E-state index contributed by atoms with van der Waals surface area (Å²) in [4.78, 5) is -0.334. The Kier molecular flexibility index (Phi) is 4.73. The first kappa shape index (κ1) is 16.4. The Hall–Kier alpha value is -2.51. The van der Waals surface area contributed by atoms with Crippen molar-refractivity contribution in [3.05, 3.63) is 78.4 Å². The molecule has 0 amide bonds. The lowest BCUT2D eigenvalue weighted by atomic mass is 10.1. The molecule has 0 aliphatic rings. The summed E-state index contributed by atoms with van der Waals surface area (Å²) < 4.78 is 41.9. The molecule has 2 aromatic carbocycles. The van der Waals surface area contributed by atoms with Gasteiger partial charge in [-0.25, -0.2) is 22.2 Å². The number of aromatic nitrogens is 2. The van der Waals surface area contributed by atoms with Crippen LogP contribution in [0.5, 0.6) is 0 Å². The van der Waals surface area contributed by atoms with Gasteiger partial charge >= 0.3 is 0 Å². The maximum absolute atomic E-state index is 13.6. The molecule has 1 aromatic heterocycles. The minimum absolute atomic E-state index is 0.192. The van der Waals surface area contributed by atoms with Gasteiger partial charge in [0.15, 0.2) is 0 Å². The lowest BCUT2D eigenvalue weighted by Crippen LogP contribution is -2.26. The van der Waals surface area contributed by atoms with E-state index in [1.807, 2.05) is 36.5 Å². The quantitative estimate of drug-likeness (QED) is 0.747. The lowest BCUT2D eigenvalue weighted by Gasteiger charge is -2.08. The van der Waals surface area contributed by atoms with Crippen LogP contribution in [0.15, 0.2) is 71.9 Å². The second-order valence-electron chi connectivity index (χ2n) is 5.20. The molecule has 0 aliphatic heterocycles. The van der Waals surface area contributed by atoms with Gasteiger partial charge in [-0.3, -0.25) is 0 Å². The summed E-state index contributed by atoms with van der Waals surface area (Å²) in [7, 11) is -3.84. The number of rotatable bonds is 6. The minimum Gasteiger partial charge on any atom is -0.241 e. The number of nitrogens with zero attached hydrogens (tertiary/aromatic N) is 2. The van der Waals surface area contributed by atoms with E-state index < -0.39 is 15.8 Å². The molecule has 5 nitrogen and oxygen atoms in total. The van der Waals surface area contributed by atoms with E-state index in [1.165, 1.54) is 18.2 Å². The number of hydrogen-bond donors (Lipinski definition) is 1. The van der Waals surface area contributed by atoms with Gasteiger partial charge in [0.2, 0.25) is 10.0 Å². The van der Waals surface area contributed by atoms with Crippen LogP contribution in [0.3, 0.4) is 0 Å². The van der Waals surface area contributed by atoms with E-state index in [0.29, 0.717) is 6.42 Å². The molecule has 7 heteroatoms. The molecule has 0 atom stereocenters. The van der Waals surface area contributed by atoms with E-state index in [-0.39, 0.29) is 11.4 Å². The van der Waals surface area contributed by atoms with Crippen LogP contribution >= 0.6 is 0 Å². The predicted octanol–water partition coefficient (Wildman–Crippen LogP) is 2.53. The summed E-state index contributed by atoms with van der Waals surface area (Å²) in [5, 5.41) is 4.14. The van der Waals surface area contributed by atoms with Gasteiger partial charge < -0.3 is 0 Å². The Morgan fingerprint density at radius 2 is 1.79 bits per heavy atom. The molecule has 0 unspecified atom stereocenters. The van der Waals surface area contributed by atoms with Gasteiger partial charge in [0.25, 0.3) is 0 Å². The van der Waals surface area contributed by atoms with Gasteiger partial charge in [0.1, 0.15) is 10.7 Å². The third-order valence-electron chi connectivity index (χ3n) is 3.54. The van der Waals surface area contributed by atoms with E-state index >= 15 is 0 Å². The summed E-state index contributed by atoms with van der Waals surface area (Å²) in [6.07, 6.45) is 4.05. The monoisotopic (exact) mass is 345 g/mol. The first-order chi connectivity index (χ1) is 11.6. The van der Waals surface area contributed by atoms with Crippen molar-refractivity contribution in [1.29, 1.82) is 0 Å². The van der Waals surface area contributed by atoms with E-state index in [2.05, 4.69) is 9.82 Å². The summed E-state index contributed by atoms with van der Waals surface area (Å²) in [6, 6.07) is 14.8. The molecule has 0 fully saturated rings. The van der Waals surface area contributed by atoms with Crippen molar-refractivity contribution in [1.82, 2.24) is 14.5 Å². The van der Waals surface area contributed by atoms with Crippen LogP contribution < -0.4 is 4.72 Å². The summed E-state index contributed by atoms with van der Waals surface area (Å²) in [6.45, 7) is 0.192. The fraction of sp³-hybridized carbons (Fsp3) is 0.118. The highest BCUT2D eigenvalue weighted by molar-refractivity contribution is 7.89. The molecule has 1 heterocycles. The highest BCUT2D eigenvalue weighted by Gasteiger charge is 2.17. The minimum atomic E-state index is -3.84. The maximum atomic E-state index is 13.6. The van der Waals surface area contributed by atoms with Crippen LogP contribution in [0.1, 0.15) is 5.56 Å². The maximum Gasteiger partial charge on any atom is 0.243 e. The Morgan fingerprint density at radius 1 is 1.04 bits per heavy atom.